The van der Waals surface area contributed by atoms with Crippen LogP contribution in [0, 0.1) is 5.41 Å². The summed E-state index contributed by atoms with van der Waals surface area (Å²) in [5, 5.41) is 19.4. The van der Waals surface area contributed by atoms with Crippen molar-refractivity contribution in [1.82, 2.24) is 0 Å². The first-order chi connectivity index (χ1) is 17.4. The third-order valence-electron chi connectivity index (χ3n) is 5.93. The number of carbonyl (C=O) groups excluding carboxylic acids is 3. The van der Waals surface area contributed by atoms with Crippen molar-refractivity contribution in [3.8, 4) is 0 Å². The molecule has 0 aromatic carbocycles. The van der Waals surface area contributed by atoms with Crippen molar-refractivity contribution in [2.45, 2.75) is 110 Å². The quantitative estimate of drug-likeness (QED) is 0.0796. The van der Waals surface area contributed by atoms with Gasteiger partial charge in [0.15, 0.2) is 0 Å². The number of esters is 3. The predicted molar refractivity (Wildman–Crippen MR) is 139 cm³/mol. The van der Waals surface area contributed by atoms with E-state index in [2.05, 4.69) is 26.0 Å². The van der Waals surface area contributed by atoms with Gasteiger partial charge in [-0.2, -0.15) is 0 Å². The van der Waals surface area contributed by atoms with E-state index >= 15 is 0 Å². The first-order valence-electron chi connectivity index (χ1n) is 13.8. The molecule has 8 nitrogen and oxygen atoms in total. The summed E-state index contributed by atoms with van der Waals surface area (Å²) < 4.78 is 15.6. The normalized spacial score (nSPS) is 11.6. The van der Waals surface area contributed by atoms with Gasteiger partial charge in [0.1, 0.15) is 13.2 Å². The third-order valence-corrected chi connectivity index (χ3v) is 5.93. The Morgan fingerprint density at radius 3 is 1.56 bits per heavy atom. The highest BCUT2D eigenvalue weighted by Gasteiger charge is 2.32. The topological polar surface area (TPSA) is 119 Å². The fourth-order valence-electron chi connectivity index (χ4n) is 3.36. The number of unbranched alkanes of at least 4 members (excludes halogenated alkanes) is 8. The average molecular weight is 515 g/mol. The molecule has 0 aliphatic heterocycles. The molecule has 0 spiro atoms. The lowest BCUT2D eigenvalue weighted by Gasteiger charge is -2.28. The van der Waals surface area contributed by atoms with Gasteiger partial charge in [-0.3, -0.25) is 14.4 Å². The minimum atomic E-state index is -1.22. The Balaban J connectivity index is 3.96. The van der Waals surface area contributed by atoms with Crippen molar-refractivity contribution >= 4 is 17.9 Å². The number of aliphatic hydroxyl groups is 2. The molecule has 0 radical (unpaired) electrons. The molecule has 0 rings (SSSR count). The summed E-state index contributed by atoms with van der Waals surface area (Å²) in [6.07, 6.45) is 16.1. The van der Waals surface area contributed by atoms with E-state index in [9.17, 15) is 24.6 Å². The number of rotatable bonds is 24. The molecule has 0 aromatic heterocycles. The molecule has 0 amide bonds. The molecule has 2 N–H and O–H groups in total. The zero-order valence-electron chi connectivity index (χ0n) is 22.6. The third kappa shape index (κ3) is 19.3. The molecule has 0 saturated heterocycles. The molecule has 0 aliphatic rings. The lowest BCUT2D eigenvalue weighted by molar-refractivity contribution is -0.159. The lowest BCUT2D eigenvalue weighted by atomic mass is 9.92. The van der Waals surface area contributed by atoms with Crippen LogP contribution >= 0.6 is 0 Å². The van der Waals surface area contributed by atoms with E-state index in [1.807, 2.05) is 0 Å². The second-order valence-corrected chi connectivity index (χ2v) is 9.49. The van der Waals surface area contributed by atoms with Gasteiger partial charge >= 0.3 is 17.9 Å². The van der Waals surface area contributed by atoms with Gasteiger partial charge in [0.2, 0.25) is 0 Å². The molecule has 0 aromatic rings. The van der Waals surface area contributed by atoms with Crippen LogP contribution < -0.4 is 0 Å². The minimum absolute atomic E-state index is 0.169. The zero-order chi connectivity index (χ0) is 26.9. The summed E-state index contributed by atoms with van der Waals surface area (Å²) in [7, 11) is 0. The van der Waals surface area contributed by atoms with E-state index < -0.39 is 24.6 Å². The van der Waals surface area contributed by atoms with E-state index in [0.29, 0.717) is 32.3 Å². The van der Waals surface area contributed by atoms with Crippen LogP contribution in [-0.2, 0) is 28.6 Å². The van der Waals surface area contributed by atoms with Crippen LogP contribution in [0.1, 0.15) is 110 Å². The van der Waals surface area contributed by atoms with E-state index in [1.54, 1.807) is 0 Å². The Morgan fingerprint density at radius 1 is 0.611 bits per heavy atom. The standard InChI is InChI=1S/C28H50O8/c1-3-5-7-9-10-11-16-20-34-25(31)17-14-12-15-19-27(33)36-24-28(21-29,22-30)23-35-26(32)18-13-8-6-4-2/h10-11,29-30H,3-9,12-24H2,1-2H3/b11-10-. The maximum Gasteiger partial charge on any atom is 0.305 e. The van der Waals surface area contributed by atoms with Gasteiger partial charge in [0.25, 0.3) is 0 Å². The van der Waals surface area contributed by atoms with E-state index in [-0.39, 0.29) is 38.0 Å². The average Bonchev–Trinajstić information content (AvgIpc) is 2.88. The highest BCUT2D eigenvalue weighted by atomic mass is 16.6. The summed E-state index contributed by atoms with van der Waals surface area (Å²) in [6, 6.07) is 0. The van der Waals surface area contributed by atoms with E-state index in [1.165, 1.54) is 19.3 Å². The molecular formula is C28H50O8. The van der Waals surface area contributed by atoms with Crippen LogP contribution in [0.4, 0.5) is 0 Å². The highest BCUT2D eigenvalue weighted by molar-refractivity contribution is 5.70. The zero-order valence-corrected chi connectivity index (χ0v) is 22.6. The Morgan fingerprint density at radius 2 is 1.06 bits per heavy atom. The van der Waals surface area contributed by atoms with Crippen molar-refractivity contribution in [2.75, 3.05) is 33.0 Å². The van der Waals surface area contributed by atoms with Gasteiger partial charge in [-0.05, 0) is 38.5 Å². The Kier molecular flexibility index (Phi) is 22.2. The van der Waals surface area contributed by atoms with Crippen molar-refractivity contribution in [1.29, 1.82) is 0 Å². The molecule has 0 bridgehead atoms. The summed E-state index contributed by atoms with van der Waals surface area (Å²) in [6.45, 7) is 3.26. The fraction of sp³-hybridized carbons (Fsp3) is 0.821. The number of aliphatic hydroxyl groups excluding tert-OH is 2. The van der Waals surface area contributed by atoms with Gasteiger partial charge in [-0.15, -0.1) is 0 Å². The van der Waals surface area contributed by atoms with Gasteiger partial charge in [0.05, 0.1) is 25.2 Å². The molecule has 0 atom stereocenters. The molecule has 36 heavy (non-hydrogen) atoms. The molecule has 210 valence electrons. The second-order valence-electron chi connectivity index (χ2n) is 9.49. The number of hydrogen-bond donors (Lipinski definition) is 2. The van der Waals surface area contributed by atoms with Crippen LogP contribution in [0.25, 0.3) is 0 Å². The first kappa shape index (κ1) is 34.1. The maximum atomic E-state index is 12.1. The largest absolute Gasteiger partial charge is 0.465 e. The predicted octanol–water partition coefficient (Wildman–Crippen LogP) is 5.03. The number of allylic oxidation sites excluding steroid dienone is 1. The van der Waals surface area contributed by atoms with Crippen LogP contribution in [0.2, 0.25) is 0 Å². The summed E-state index contributed by atoms with van der Waals surface area (Å²) in [5.74, 6) is -1.07. The smallest absolute Gasteiger partial charge is 0.305 e. The number of hydrogen-bond acceptors (Lipinski definition) is 8. The van der Waals surface area contributed by atoms with Gasteiger partial charge in [-0.1, -0.05) is 64.5 Å². The molecule has 0 heterocycles. The SMILES string of the molecule is CCCCC/C=C\CCOC(=O)CCCCCC(=O)OCC(CO)(CO)COC(=O)CCCCCC. The van der Waals surface area contributed by atoms with Crippen LogP contribution in [0.3, 0.4) is 0 Å². The molecular weight excluding hydrogens is 464 g/mol. The van der Waals surface area contributed by atoms with Gasteiger partial charge in [-0.25, -0.2) is 0 Å². The lowest BCUT2D eigenvalue weighted by Crippen LogP contribution is -2.41. The maximum absolute atomic E-state index is 12.1. The Labute approximate surface area is 217 Å². The van der Waals surface area contributed by atoms with Crippen molar-refractivity contribution in [2.24, 2.45) is 5.41 Å². The fourth-order valence-corrected chi connectivity index (χ4v) is 3.36. The number of ether oxygens (including phenoxy) is 3. The molecule has 8 heteroatoms. The molecule has 0 fully saturated rings. The second kappa shape index (κ2) is 23.5. The monoisotopic (exact) mass is 514 g/mol. The van der Waals surface area contributed by atoms with Gasteiger partial charge < -0.3 is 24.4 Å². The Bertz CT molecular complexity index is 598. The van der Waals surface area contributed by atoms with E-state index in [4.69, 9.17) is 14.2 Å². The summed E-state index contributed by atoms with van der Waals surface area (Å²) >= 11 is 0. The first-order valence-corrected chi connectivity index (χ1v) is 13.8. The van der Waals surface area contributed by atoms with Crippen LogP contribution in [0.15, 0.2) is 12.2 Å². The van der Waals surface area contributed by atoms with Crippen LogP contribution in [-0.4, -0.2) is 61.2 Å². The van der Waals surface area contributed by atoms with Crippen molar-refractivity contribution in [3.05, 3.63) is 12.2 Å². The molecule has 0 saturated carbocycles. The van der Waals surface area contributed by atoms with Crippen molar-refractivity contribution in [3.63, 3.8) is 0 Å². The summed E-state index contributed by atoms with van der Waals surface area (Å²) in [5.41, 5.74) is -1.22. The minimum Gasteiger partial charge on any atom is -0.465 e. The van der Waals surface area contributed by atoms with E-state index in [0.717, 1.165) is 38.5 Å². The molecule has 0 aliphatic carbocycles. The van der Waals surface area contributed by atoms with Crippen LogP contribution in [0.5, 0.6) is 0 Å². The van der Waals surface area contributed by atoms with Crippen molar-refractivity contribution < 1.29 is 38.8 Å². The summed E-state index contributed by atoms with van der Waals surface area (Å²) in [4.78, 5) is 35.7. The van der Waals surface area contributed by atoms with Gasteiger partial charge in [0, 0.05) is 19.3 Å². The Hall–Kier alpha value is -1.93. The molecule has 0 unspecified atom stereocenters. The highest BCUT2D eigenvalue weighted by Crippen LogP contribution is 2.19. The number of carbonyl (C=O) groups is 3.